The van der Waals surface area contributed by atoms with Crippen LogP contribution in [0.4, 0.5) is 5.69 Å². The number of anilines is 1. The largest absolute Gasteiger partial charge is 0.452 e. The summed E-state index contributed by atoms with van der Waals surface area (Å²) in [5.41, 5.74) is 2.08. The Balaban J connectivity index is 1.73. The average molecular weight is 551 g/mol. The molecule has 1 heterocycles. The molecule has 10 heteroatoms. The van der Waals surface area contributed by atoms with Crippen molar-refractivity contribution in [3.8, 4) is 0 Å². The fraction of sp³-hybridized carbons (Fsp3) is 0.481. The summed E-state index contributed by atoms with van der Waals surface area (Å²) in [4.78, 5) is 25.5. The predicted octanol–water partition coefficient (Wildman–Crippen LogP) is 4.75. The summed E-state index contributed by atoms with van der Waals surface area (Å²) in [6, 6.07) is 9.75. The molecule has 0 saturated carbocycles. The first-order valence-electron chi connectivity index (χ1n) is 12.1. The molecule has 1 saturated heterocycles. The molecule has 37 heavy (non-hydrogen) atoms. The van der Waals surface area contributed by atoms with Crippen molar-refractivity contribution < 1.29 is 27.5 Å². The second-order valence-electron chi connectivity index (χ2n) is 11.1. The van der Waals surface area contributed by atoms with Crippen LogP contribution < -0.4 is 5.32 Å². The molecule has 0 radical (unpaired) electrons. The summed E-state index contributed by atoms with van der Waals surface area (Å²) < 4.78 is 37.7. The Morgan fingerprint density at radius 3 is 2.08 bits per heavy atom. The van der Waals surface area contributed by atoms with Gasteiger partial charge in [0.25, 0.3) is 5.91 Å². The number of halogens is 1. The number of ether oxygens (including phenoxy) is 2. The molecule has 2 aromatic rings. The van der Waals surface area contributed by atoms with Gasteiger partial charge in [-0.3, -0.25) is 4.79 Å². The van der Waals surface area contributed by atoms with Gasteiger partial charge in [-0.15, -0.1) is 0 Å². The average Bonchev–Trinajstić information content (AvgIpc) is 2.83. The molecule has 1 N–H and O–H groups in total. The minimum Gasteiger partial charge on any atom is -0.452 e. The maximum absolute atomic E-state index is 12.9. The summed E-state index contributed by atoms with van der Waals surface area (Å²) in [5, 5.41) is 2.71. The number of esters is 1. The summed E-state index contributed by atoms with van der Waals surface area (Å²) in [5.74, 6) is -1.26. The van der Waals surface area contributed by atoms with Gasteiger partial charge in [0.15, 0.2) is 6.61 Å². The fourth-order valence-electron chi connectivity index (χ4n) is 3.71. The van der Waals surface area contributed by atoms with E-state index in [1.54, 1.807) is 12.1 Å². The third kappa shape index (κ3) is 7.31. The molecule has 0 atom stereocenters. The van der Waals surface area contributed by atoms with E-state index in [1.165, 1.54) is 22.5 Å². The van der Waals surface area contributed by atoms with Crippen LogP contribution in [-0.2, 0) is 35.1 Å². The molecule has 1 fully saturated rings. The minimum absolute atomic E-state index is 0.000185. The first-order valence-corrected chi connectivity index (χ1v) is 13.9. The third-order valence-corrected chi connectivity index (χ3v) is 8.28. The highest BCUT2D eigenvalue weighted by Gasteiger charge is 2.27. The molecule has 0 unspecified atom stereocenters. The molecule has 8 nitrogen and oxygen atoms in total. The van der Waals surface area contributed by atoms with Crippen molar-refractivity contribution in [2.24, 2.45) is 0 Å². The van der Waals surface area contributed by atoms with Gasteiger partial charge in [0.1, 0.15) is 0 Å². The number of morpholine rings is 1. The smallest absolute Gasteiger partial charge is 0.338 e. The number of nitrogens with one attached hydrogen (secondary N) is 1. The van der Waals surface area contributed by atoms with E-state index < -0.39 is 28.5 Å². The lowest BCUT2D eigenvalue weighted by Crippen LogP contribution is -2.40. The number of benzene rings is 2. The van der Waals surface area contributed by atoms with Crippen LogP contribution in [0.2, 0.25) is 5.02 Å². The molecule has 0 spiro atoms. The van der Waals surface area contributed by atoms with E-state index in [0.29, 0.717) is 18.8 Å². The first kappa shape index (κ1) is 29.1. The lowest BCUT2D eigenvalue weighted by molar-refractivity contribution is -0.119. The monoisotopic (exact) mass is 550 g/mol. The van der Waals surface area contributed by atoms with E-state index in [2.05, 4.69) is 52.9 Å². The van der Waals surface area contributed by atoms with E-state index in [-0.39, 0.29) is 39.5 Å². The lowest BCUT2D eigenvalue weighted by atomic mass is 9.79. The van der Waals surface area contributed by atoms with Gasteiger partial charge >= 0.3 is 5.97 Å². The molecular formula is C27H35ClN2O6S. The summed E-state index contributed by atoms with van der Waals surface area (Å²) in [6.07, 6.45) is 0. The minimum atomic E-state index is -3.77. The van der Waals surface area contributed by atoms with Crippen molar-refractivity contribution in [2.45, 2.75) is 57.3 Å². The second kappa shape index (κ2) is 11.1. The molecule has 3 rings (SSSR count). The van der Waals surface area contributed by atoms with E-state index in [9.17, 15) is 18.0 Å². The van der Waals surface area contributed by atoms with Crippen molar-refractivity contribution in [1.82, 2.24) is 4.31 Å². The number of carbonyl (C=O) groups excluding carboxylic acids is 2. The van der Waals surface area contributed by atoms with E-state index >= 15 is 0 Å². The SMILES string of the molecule is CC(C)(C)c1cc(C(=O)OCC(=O)Nc2cc(S(=O)(=O)N3CCOCC3)ccc2Cl)cc(C(C)(C)C)c1. The summed E-state index contributed by atoms with van der Waals surface area (Å²) in [6.45, 7) is 13.0. The van der Waals surface area contributed by atoms with Gasteiger partial charge in [-0.25, -0.2) is 13.2 Å². The van der Waals surface area contributed by atoms with Gasteiger partial charge in [-0.2, -0.15) is 4.31 Å². The summed E-state index contributed by atoms with van der Waals surface area (Å²) in [7, 11) is -3.77. The van der Waals surface area contributed by atoms with Gasteiger partial charge in [-0.1, -0.05) is 59.2 Å². The van der Waals surface area contributed by atoms with Crippen LogP contribution in [0.3, 0.4) is 0 Å². The first-order chi connectivity index (χ1) is 17.1. The Kier molecular flexibility index (Phi) is 8.74. The van der Waals surface area contributed by atoms with Gasteiger partial charge in [0.05, 0.1) is 34.4 Å². The highest BCUT2D eigenvalue weighted by atomic mass is 35.5. The Bertz CT molecular complexity index is 1240. The highest BCUT2D eigenvalue weighted by Crippen LogP contribution is 2.31. The van der Waals surface area contributed by atoms with Crippen LogP contribution in [0.15, 0.2) is 41.3 Å². The van der Waals surface area contributed by atoms with E-state index in [0.717, 1.165) is 11.1 Å². The van der Waals surface area contributed by atoms with Crippen molar-refractivity contribution >= 4 is 39.2 Å². The quantitative estimate of drug-likeness (QED) is 0.521. The molecule has 1 aliphatic rings. The van der Waals surface area contributed by atoms with Crippen LogP contribution in [0.25, 0.3) is 0 Å². The van der Waals surface area contributed by atoms with E-state index in [1.807, 2.05) is 0 Å². The number of hydrogen-bond donors (Lipinski definition) is 1. The maximum atomic E-state index is 12.9. The van der Waals surface area contributed by atoms with Crippen LogP contribution >= 0.6 is 11.6 Å². The summed E-state index contributed by atoms with van der Waals surface area (Å²) >= 11 is 6.20. The number of carbonyl (C=O) groups is 2. The number of nitrogens with zero attached hydrogens (tertiary/aromatic N) is 1. The lowest BCUT2D eigenvalue weighted by Gasteiger charge is -2.26. The van der Waals surface area contributed by atoms with Crippen LogP contribution in [0.1, 0.15) is 63.0 Å². The Morgan fingerprint density at radius 2 is 1.54 bits per heavy atom. The zero-order chi connectivity index (χ0) is 27.6. The molecule has 0 aromatic heterocycles. The second-order valence-corrected chi connectivity index (χ2v) is 13.4. The van der Waals surface area contributed by atoms with Crippen LogP contribution in [0, 0.1) is 0 Å². The van der Waals surface area contributed by atoms with Crippen molar-refractivity contribution in [1.29, 1.82) is 0 Å². The predicted molar refractivity (Wildman–Crippen MR) is 144 cm³/mol. The Labute approximate surface area is 224 Å². The normalized spacial score (nSPS) is 15.3. The van der Waals surface area contributed by atoms with Gasteiger partial charge in [0.2, 0.25) is 10.0 Å². The highest BCUT2D eigenvalue weighted by molar-refractivity contribution is 7.89. The molecule has 0 bridgehead atoms. The van der Waals surface area contributed by atoms with Gasteiger partial charge in [-0.05, 0) is 52.3 Å². The maximum Gasteiger partial charge on any atom is 0.338 e. The molecular weight excluding hydrogens is 516 g/mol. The number of rotatable bonds is 6. The van der Waals surface area contributed by atoms with Gasteiger partial charge in [0, 0.05) is 13.1 Å². The Hall–Kier alpha value is -2.46. The van der Waals surface area contributed by atoms with Crippen molar-refractivity contribution in [3.05, 3.63) is 58.1 Å². The van der Waals surface area contributed by atoms with Gasteiger partial charge < -0.3 is 14.8 Å². The Morgan fingerprint density at radius 1 is 0.973 bits per heavy atom. The molecule has 202 valence electrons. The zero-order valence-corrected chi connectivity index (χ0v) is 23.8. The molecule has 2 aromatic carbocycles. The van der Waals surface area contributed by atoms with Crippen molar-refractivity contribution in [3.63, 3.8) is 0 Å². The molecule has 1 aliphatic heterocycles. The zero-order valence-electron chi connectivity index (χ0n) is 22.2. The molecule has 1 amide bonds. The van der Waals surface area contributed by atoms with Crippen LogP contribution in [-0.4, -0.2) is 57.5 Å². The number of sulfonamides is 1. The number of hydrogen-bond acceptors (Lipinski definition) is 6. The fourth-order valence-corrected chi connectivity index (χ4v) is 5.31. The van der Waals surface area contributed by atoms with Crippen molar-refractivity contribution in [2.75, 3.05) is 38.2 Å². The topological polar surface area (TPSA) is 102 Å². The van der Waals surface area contributed by atoms with Crippen LogP contribution in [0.5, 0.6) is 0 Å². The third-order valence-electron chi connectivity index (χ3n) is 6.05. The number of amides is 1. The molecule has 0 aliphatic carbocycles. The standard InChI is InChI=1S/C27H35ClN2O6S/c1-26(2,3)19-13-18(14-20(15-19)27(4,5)6)25(32)36-17-24(31)29-23-16-21(7-8-22(23)28)37(33,34)30-9-11-35-12-10-30/h7-8,13-16H,9-12,17H2,1-6H3,(H,29,31). The van der Waals surface area contributed by atoms with E-state index in [4.69, 9.17) is 21.1 Å².